The molecule has 1 amide bonds. The van der Waals surface area contributed by atoms with Crippen molar-refractivity contribution in [2.75, 3.05) is 18.2 Å². The first kappa shape index (κ1) is 26.8. The Labute approximate surface area is 217 Å². The Morgan fingerprint density at radius 3 is 2.77 bits per heavy atom. The van der Waals surface area contributed by atoms with Crippen LogP contribution in [0.25, 0.3) is 0 Å². The summed E-state index contributed by atoms with van der Waals surface area (Å²) in [6.07, 6.45) is 2.09. The summed E-state index contributed by atoms with van der Waals surface area (Å²) in [6.45, 7) is 10.0. The monoisotopic (exact) mass is 534 g/mol. The van der Waals surface area contributed by atoms with Crippen molar-refractivity contribution in [3.8, 4) is 5.75 Å². The number of rotatable bonds is 11. The molecule has 3 aromatic rings. The number of allylic oxidation sites excluding steroid dienone is 1. The van der Waals surface area contributed by atoms with Crippen LogP contribution in [-0.4, -0.2) is 39.5 Å². The third-order valence-electron chi connectivity index (χ3n) is 4.99. The van der Waals surface area contributed by atoms with Crippen LogP contribution < -0.4 is 10.1 Å². The summed E-state index contributed by atoms with van der Waals surface area (Å²) in [7, 11) is 1.32. The molecule has 2 aromatic heterocycles. The van der Waals surface area contributed by atoms with Crippen LogP contribution in [0.5, 0.6) is 5.75 Å². The van der Waals surface area contributed by atoms with E-state index in [9.17, 15) is 9.59 Å². The van der Waals surface area contributed by atoms with E-state index in [1.54, 1.807) is 24.3 Å². The maximum absolute atomic E-state index is 12.7. The fraction of sp³-hybridized carbons (Fsp3) is 0.333. The molecule has 0 saturated carbocycles. The minimum Gasteiger partial charge on any atom is -0.483 e. The molecule has 8 nitrogen and oxygen atoms in total. The Morgan fingerprint density at radius 2 is 2.11 bits per heavy atom. The molecule has 0 radical (unpaired) electrons. The first-order valence-corrected chi connectivity index (χ1v) is 13.1. The number of methoxy groups -OCH3 is 1. The van der Waals surface area contributed by atoms with Crippen molar-refractivity contribution in [3.63, 3.8) is 0 Å². The molecule has 35 heavy (non-hydrogen) atoms. The van der Waals surface area contributed by atoms with Crippen molar-refractivity contribution in [1.82, 2.24) is 14.8 Å². The summed E-state index contributed by atoms with van der Waals surface area (Å²) in [5.41, 5.74) is 1.27. The lowest BCUT2D eigenvalue weighted by Crippen LogP contribution is -2.16. The normalized spacial score (nSPS) is 11.7. The maximum atomic E-state index is 12.7. The third kappa shape index (κ3) is 6.65. The van der Waals surface area contributed by atoms with Crippen LogP contribution >= 0.6 is 34.7 Å². The van der Waals surface area contributed by atoms with Crippen molar-refractivity contribution in [1.29, 1.82) is 0 Å². The number of hydrogen-bond acceptors (Lipinski definition) is 8. The van der Waals surface area contributed by atoms with E-state index in [1.807, 2.05) is 31.4 Å². The standard InChI is InChI=1S/C24H27ClN4O4S2/c1-6-10-29-21(15(4)33-16-8-9-19(25)14(3)11-16)27-28-24(29)34-13-20(30)26-22-18(23(31)32-5)12-17(7-2)35-22/h6,8-9,11-12,15H,1,7,10,13H2,2-5H3,(H,26,30). The summed E-state index contributed by atoms with van der Waals surface area (Å²) in [5, 5.41) is 13.1. The second-order valence-electron chi connectivity index (χ2n) is 7.55. The molecule has 1 unspecified atom stereocenters. The van der Waals surface area contributed by atoms with Crippen molar-refractivity contribution in [2.24, 2.45) is 0 Å². The summed E-state index contributed by atoms with van der Waals surface area (Å²) < 4.78 is 12.7. The zero-order valence-corrected chi connectivity index (χ0v) is 22.4. The predicted octanol–water partition coefficient (Wildman–Crippen LogP) is 5.71. The number of esters is 1. The largest absolute Gasteiger partial charge is 0.483 e. The lowest BCUT2D eigenvalue weighted by Gasteiger charge is -2.16. The number of halogens is 1. The molecule has 1 aromatic carbocycles. The summed E-state index contributed by atoms with van der Waals surface area (Å²) in [6, 6.07) is 7.20. The van der Waals surface area contributed by atoms with Gasteiger partial charge in [0.2, 0.25) is 5.91 Å². The van der Waals surface area contributed by atoms with E-state index in [-0.39, 0.29) is 11.7 Å². The number of thioether (sulfide) groups is 1. The van der Waals surface area contributed by atoms with Gasteiger partial charge in [0.15, 0.2) is 17.1 Å². The summed E-state index contributed by atoms with van der Waals surface area (Å²) in [5.74, 6) is 0.620. The number of ether oxygens (including phenoxy) is 2. The molecule has 1 N–H and O–H groups in total. The van der Waals surface area contributed by atoms with E-state index in [1.165, 1.54) is 30.2 Å². The fourth-order valence-corrected chi connectivity index (χ4v) is 5.09. The Morgan fingerprint density at radius 1 is 1.34 bits per heavy atom. The number of carbonyl (C=O) groups excluding carboxylic acids is 2. The molecule has 3 rings (SSSR count). The second-order valence-corrected chi connectivity index (χ2v) is 10.0. The van der Waals surface area contributed by atoms with Crippen LogP contribution in [-0.2, 0) is 22.5 Å². The molecule has 0 aliphatic carbocycles. The van der Waals surface area contributed by atoms with Gasteiger partial charge in [-0.15, -0.1) is 28.1 Å². The molecule has 0 aliphatic heterocycles. The topological polar surface area (TPSA) is 95.3 Å². The molecule has 11 heteroatoms. The Hall–Kier alpha value is -2.82. The highest BCUT2D eigenvalue weighted by Gasteiger charge is 2.21. The number of aryl methyl sites for hydroxylation is 2. The Kier molecular flexibility index (Phi) is 9.36. The summed E-state index contributed by atoms with van der Waals surface area (Å²) >= 11 is 8.71. The maximum Gasteiger partial charge on any atom is 0.340 e. The van der Waals surface area contributed by atoms with Crippen LogP contribution in [0.2, 0.25) is 5.02 Å². The van der Waals surface area contributed by atoms with Crippen molar-refractivity contribution in [3.05, 3.63) is 63.8 Å². The molecular weight excluding hydrogens is 508 g/mol. The first-order valence-electron chi connectivity index (χ1n) is 10.9. The number of anilines is 1. The van der Waals surface area contributed by atoms with Gasteiger partial charge in [-0.2, -0.15) is 0 Å². The van der Waals surface area contributed by atoms with Crippen LogP contribution in [0.3, 0.4) is 0 Å². The number of thiophene rings is 1. The minimum atomic E-state index is -0.482. The molecule has 0 fully saturated rings. The molecule has 2 heterocycles. The number of aromatic nitrogens is 3. The fourth-order valence-electron chi connectivity index (χ4n) is 3.22. The van der Waals surface area contributed by atoms with Crippen LogP contribution in [0.4, 0.5) is 5.00 Å². The van der Waals surface area contributed by atoms with Gasteiger partial charge in [0.1, 0.15) is 10.8 Å². The van der Waals surface area contributed by atoms with Gasteiger partial charge in [-0.25, -0.2) is 4.79 Å². The van der Waals surface area contributed by atoms with E-state index in [2.05, 4.69) is 22.1 Å². The quantitative estimate of drug-likeness (QED) is 0.191. The van der Waals surface area contributed by atoms with E-state index in [4.69, 9.17) is 21.1 Å². The van der Waals surface area contributed by atoms with E-state index in [0.717, 1.165) is 16.9 Å². The van der Waals surface area contributed by atoms with Gasteiger partial charge in [-0.1, -0.05) is 36.4 Å². The number of hydrogen-bond donors (Lipinski definition) is 1. The van der Waals surface area contributed by atoms with Gasteiger partial charge in [-0.05, 0) is 50.1 Å². The number of carbonyl (C=O) groups is 2. The zero-order chi connectivity index (χ0) is 25.5. The number of benzene rings is 1. The Bertz CT molecular complexity index is 1220. The molecule has 0 aliphatic rings. The third-order valence-corrected chi connectivity index (χ3v) is 7.57. The van der Waals surface area contributed by atoms with E-state index >= 15 is 0 Å². The molecule has 0 saturated heterocycles. The molecular formula is C24H27ClN4O4S2. The van der Waals surface area contributed by atoms with Crippen molar-refractivity contribution < 1.29 is 19.1 Å². The van der Waals surface area contributed by atoms with Gasteiger partial charge in [0.05, 0.1) is 18.4 Å². The van der Waals surface area contributed by atoms with Crippen LogP contribution in [0, 0.1) is 6.92 Å². The average Bonchev–Trinajstić information content (AvgIpc) is 3.43. The zero-order valence-electron chi connectivity index (χ0n) is 20.0. The number of nitrogens with one attached hydrogen (secondary N) is 1. The highest BCUT2D eigenvalue weighted by atomic mass is 35.5. The van der Waals surface area contributed by atoms with E-state index in [0.29, 0.717) is 38.9 Å². The smallest absolute Gasteiger partial charge is 0.340 e. The Balaban J connectivity index is 1.70. The lowest BCUT2D eigenvalue weighted by atomic mass is 10.2. The average molecular weight is 535 g/mol. The summed E-state index contributed by atoms with van der Waals surface area (Å²) in [4.78, 5) is 25.7. The van der Waals surface area contributed by atoms with Crippen LogP contribution in [0.1, 0.15) is 46.6 Å². The molecule has 0 spiro atoms. The highest BCUT2D eigenvalue weighted by molar-refractivity contribution is 7.99. The van der Waals surface area contributed by atoms with Gasteiger partial charge in [-0.3, -0.25) is 9.36 Å². The lowest BCUT2D eigenvalue weighted by molar-refractivity contribution is -0.113. The molecule has 0 bridgehead atoms. The predicted molar refractivity (Wildman–Crippen MR) is 140 cm³/mol. The number of amides is 1. The van der Waals surface area contributed by atoms with Gasteiger partial charge < -0.3 is 14.8 Å². The number of nitrogens with zero attached hydrogens (tertiary/aromatic N) is 3. The van der Waals surface area contributed by atoms with Gasteiger partial charge in [0.25, 0.3) is 0 Å². The molecule has 186 valence electrons. The molecule has 1 atom stereocenters. The van der Waals surface area contributed by atoms with Gasteiger partial charge in [0, 0.05) is 16.4 Å². The highest BCUT2D eigenvalue weighted by Crippen LogP contribution is 2.30. The second kappa shape index (κ2) is 12.2. The van der Waals surface area contributed by atoms with E-state index < -0.39 is 12.1 Å². The SMILES string of the molecule is C=CCn1c(SCC(=O)Nc2sc(CC)cc2C(=O)OC)nnc1C(C)Oc1ccc(Cl)c(C)c1. The van der Waals surface area contributed by atoms with Crippen LogP contribution in [0.15, 0.2) is 42.1 Å². The minimum absolute atomic E-state index is 0.0842. The van der Waals surface area contributed by atoms with Crippen molar-refractivity contribution in [2.45, 2.75) is 45.0 Å². The first-order chi connectivity index (χ1) is 16.8. The van der Waals surface area contributed by atoms with Crippen molar-refractivity contribution >= 4 is 51.6 Å². The van der Waals surface area contributed by atoms with Gasteiger partial charge >= 0.3 is 5.97 Å².